The van der Waals surface area contributed by atoms with Crippen LogP contribution in [0.15, 0.2) is 34.2 Å². The second kappa shape index (κ2) is 3.90. The molecule has 0 saturated carbocycles. The summed E-state index contributed by atoms with van der Waals surface area (Å²) >= 11 is 0. The molecule has 3 rings (SSSR count). The zero-order chi connectivity index (χ0) is 12.8. The van der Waals surface area contributed by atoms with E-state index in [0.717, 1.165) is 18.5 Å². The van der Waals surface area contributed by atoms with Gasteiger partial charge in [0.25, 0.3) is 0 Å². The third-order valence-electron chi connectivity index (χ3n) is 3.75. The average molecular weight is 264 g/mol. The van der Waals surface area contributed by atoms with Crippen LogP contribution in [0.4, 0.5) is 0 Å². The largest absolute Gasteiger partial charge is 0.297 e. The van der Waals surface area contributed by atoms with Crippen LogP contribution in [0.5, 0.6) is 0 Å². The Morgan fingerprint density at radius 1 is 1.22 bits per heavy atom. The summed E-state index contributed by atoms with van der Waals surface area (Å²) in [6, 6.07) is 7.02. The lowest BCUT2D eigenvalue weighted by Gasteiger charge is -2.44. The van der Waals surface area contributed by atoms with Crippen LogP contribution in [0.1, 0.15) is 12.0 Å². The van der Waals surface area contributed by atoms with Crippen LogP contribution in [0.3, 0.4) is 0 Å². The van der Waals surface area contributed by atoms with Crippen LogP contribution in [0, 0.1) is 12.3 Å². The Kier molecular flexibility index (Phi) is 2.57. The highest BCUT2D eigenvalue weighted by atomic mass is 32.2. The van der Waals surface area contributed by atoms with Crippen LogP contribution in [0.2, 0.25) is 0 Å². The van der Waals surface area contributed by atoms with Crippen molar-refractivity contribution in [2.24, 2.45) is 10.4 Å². The van der Waals surface area contributed by atoms with Crippen molar-refractivity contribution >= 4 is 16.2 Å². The summed E-state index contributed by atoms with van der Waals surface area (Å²) in [6.45, 7) is 3.93. The lowest BCUT2D eigenvalue weighted by molar-refractivity contribution is 0.148. The van der Waals surface area contributed by atoms with Crippen molar-refractivity contribution in [3.63, 3.8) is 0 Å². The fraction of sp³-hybridized carbons (Fsp3) is 0.462. The van der Waals surface area contributed by atoms with Crippen molar-refractivity contribution in [1.82, 2.24) is 4.31 Å². The molecule has 1 spiro atoms. The second-order valence-corrected chi connectivity index (χ2v) is 7.17. The van der Waals surface area contributed by atoms with Gasteiger partial charge in [0.2, 0.25) is 10.0 Å². The Balaban J connectivity index is 1.80. The molecule has 18 heavy (non-hydrogen) atoms. The number of aliphatic imine (C=N–C) groups is 1. The molecule has 1 aromatic rings. The maximum Gasteiger partial charge on any atom is 0.243 e. The van der Waals surface area contributed by atoms with Crippen molar-refractivity contribution in [3.8, 4) is 0 Å². The van der Waals surface area contributed by atoms with E-state index in [9.17, 15) is 8.42 Å². The van der Waals surface area contributed by atoms with Crippen molar-refractivity contribution in [3.05, 3.63) is 29.8 Å². The molecular weight excluding hydrogens is 248 g/mol. The molecule has 0 bridgehead atoms. The molecule has 0 unspecified atom stereocenters. The summed E-state index contributed by atoms with van der Waals surface area (Å²) in [7, 11) is -3.31. The first-order chi connectivity index (χ1) is 8.52. The first kappa shape index (κ1) is 11.9. The summed E-state index contributed by atoms with van der Waals surface area (Å²) < 4.78 is 26.2. The first-order valence-electron chi connectivity index (χ1n) is 6.10. The summed E-state index contributed by atoms with van der Waals surface area (Å²) in [5, 5.41) is 0. The molecule has 0 radical (unpaired) electrons. The minimum Gasteiger partial charge on any atom is -0.297 e. The fourth-order valence-electron chi connectivity index (χ4n) is 2.54. The van der Waals surface area contributed by atoms with Gasteiger partial charge in [-0.3, -0.25) is 4.99 Å². The molecule has 0 aromatic heterocycles. The van der Waals surface area contributed by atoms with Crippen LogP contribution in [-0.4, -0.2) is 38.6 Å². The molecule has 2 aliphatic rings. The average Bonchev–Trinajstić information content (AvgIpc) is 2.76. The summed E-state index contributed by atoms with van der Waals surface area (Å²) in [4.78, 5) is 4.60. The van der Waals surface area contributed by atoms with Crippen molar-refractivity contribution < 1.29 is 8.42 Å². The maximum absolute atomic E-state index is 12.3. The SMILES string of the molecule is Cc1ccc(S(=O)(=O)N2CC3(C=NCC3)C2)cc1. The molecule has 0 atom stereocenters. The summed E-state index contributed by atoms with van der Waals surface area (Å²) in [5.41, 5.74) is 1.09. The normalized spacial score (nSPS) is 22.3. The van der Waals surface area contributed by atoms with Gasteiger partial charge in [0.1, 0.15) is 0 Å². The third kappa shape index (κ3) is 1.78. The van der Waals surface area contributed by atoms with Crippen LogP contribution in [-0.2, 0) is 10.0 Å². The smallest absolute Gasteiger partial charge is 0.243 e. The van der Waals surface area contributed by atoms with Gasteiger partial charge in [-0.25, -0.2) is 8.42 Å². The molecule has 96 valence electrons. The molecule has 0 aliphatic carbocycles. The summed E-state index contributed by atoms with van der Waals surface area (Å²) in [5.74, 6) is 0. The van der Waals surface area contributed by atoms with E-state index in [4.69, 9.17) is 0 Å². The van der Waals surface area contributed by atoms with Gasteiger partial charge >= 0.3 is 0 Å². The van der Waals surface area contributed by atoms with Crippen molar-refractivity contribution in [1.29, 1.82) is 0 Å². The van der Waals surface area contributed by atoms with Crippen LogP contribution in [0.25, 0.3) is 0 Å². The summed E-state index contributed by atoms with van der Waals surface area (Å²) in [6.07, 6.45) is 2.92. The van der Waals surface area contributed by atoms with E-state index in [0.29, 0.717) is 18.0 Å². The number of nitrogens with zero attached hydrogens (tertiary/aromatic N) is 2. The highest BCUT2D eigenvalue weighted by Crippen LogP contribution is 2.38. The number of sulfonamides is 1. The van der Waals surface area contributed by atoms with Gasteiger partial charge in [-0.2, -0.15) is 4.31 Å². The molecule has 1 saturated heterocycles. The van der Waals surface area contributed by atoms with Crippen LogP contribution < -0.4 is 0 Å². The Hall–Kier alpha value is -1.20. The number of aryl methyl sites for hydroxylation is 1. The molecule has 1 aromatic carbocycles. The van der Waals surface area contributed by atoms with Gasteiger partial charge in [-0.05, 0) is 25.5 Å². The molecule has 0 N–H and O–H groups in total. The quantitative estimate of drug-likeness (QED) is 0.812. The highest BCUT2D eigenvalue weighted by Gasteiger charge is 2.48. The van der Waals surface area contributed by atoms with Crippen molar-refractivity contribution in [2.45, 2.75) is 18.2 Å². The van der Waals surface area contributed by atoms with Crippen molar-refractivity contribution in [2.75, 3.05) is 19.6 Å². The third-order valence-corrected chi connectivity index (χ3v) is 5.55. The minimum atomic E-state index is -3.31. The van der Waals surface area contributed by atoms with Gasteiger partial charge in [0.05, 0.1) is 4.90 Å². The topological polar surface area (TPSA) is 49.7 Å². The number of hydrogen-bond acceptors (Lipinski definition) is 3. The fourth-order valence-corrected chi connectivity index (χ4v) is 4.17. The minimum absolute atomic E-state index is 0.0256. The predicted octanol–water partition coefficient (Wildman–Crippen LogP) is 1.46. The Bertz CT molecular complexity index is 584. The molecule has 1 fully saturated rings. The monoisotopic (exact) mass is 264 g/mol. The zero-order valence-corrected chi connectivity index (χ0v) is 11.2. The van der Waals surface area contributed by atoms with E-state index >= 15 is 0 Å². The lowest BCUT2D eigenvalue weighted by atomic mass is 9.82. The molecule has 4 nitrogen and oxygen atoms in total. The number of benzene rings is 1. The van der Waals surface area contributed by atoms with E-state index < -0.39 is 10.0 Å². The van der Waals surface area contributed by atoms with Gasteiger partial charge in [-0.1, -0.05) is 17.7 Å². The predicted molar refractivity (Wildman–Crippen MR) is 70.3 cm³/mol. The van der Waals surface area contributed by atoms with Crippen LogP contribution >= 0.6 is 0 Å². The molecular formula is C13H16N2O2S. The highest BCUT2D eigenvalue weighted by molar-refractivity contribution is 7.89. The Morgan fingerprint density at radius 3 is 2.44 bits per heavy atom. The van der Waals surface area contributed by atoms with E-state index in [1.165, 1.54) is 0 Å². The zero-order valence-electron chi connectivity index (χ0n) is 10.3. The molecule has 0 amide bonds. The molecule has 5 heteroatoms. The van der Waals surface area contributed by atoms with Gasteiger partial charge in [-0.15, -0.1) is 0 Å². The molecule has 2 aliphatic heterocycles. The van der Waals surface area contributed by atoms with E-state index in [1.54, 1.807) is 16.4 Å². The number of hydrogen-bond donors (Lipinski definition) is 0. The van der Waals surface area contributed by atoms with E-state index in [-0.39, 0.29) is 5.41 Å². The molecule has 2 heterocycles. The Labute approximate surface area is 107 Å². The first-order valence-corrected chi connectivity index (χ1v) is 7.54. The van der Waals surface area contributed by atoms with E-state index in [2.05, 4.69) is 4.99 Å². The van der Waals surface area contributed by atoms with Gasteiger partial charge in [0, 0.05) is 31.3 Å². The number of rotatable bonds is 2. The standard InChI is InChI=1S/C13H16N2O2S/c1-11-2-4-12(5-3-11)18(16,17)15-9-13(10-15)6-7-14-8-13/h2-5,8H,6-7,9-10H2,1H3. The maximum atomic E-state index is 12.3. The van der Waals surface area contributed by atoms with Gasteiger partial charge in [0.15, 0.2) is 0 Å². The lowest BCUT2D eigenvalue weighted by Crippen LogP contribution is -2.58. The van der Waals surface area contributed by atoms with Gasteiger partial charge < -0.3 is 0 Å². The second-order valence-electron chi connectivity index (χ2n) is 5.23. The van der Waals surface area contributed by atoms with E-state index in [1.807, 2.05) is 25.3 Å². The Morgan fingerprint density at radius 2 is 1.89 bits per heavy atom.